The van der Waals surface area contributed by atoms with Gasteiger partial charge in [-0.1, -0.05) is 38.5 Å². The maximum atomic E-state index is 14.2. The quantitative estimate of drug-likeness (QED) is 0.351. The number of hydrogen-bond donors (Lipinski definition) is 3. The largest absolute Gasteiger partial charge is 0.451 e. The first kappa shape index (κ1) is 23.4. The Morgan fingerprint density at radius 3 is 2.44 bits per heavy atom. The molecule has 4 rings (SSSR count). The molecule has 0 aromatic carbocycles. The molecule has 0 amide bonds. The minimum atomic E-state index is -2.09. The van der Waals surface area contributed by atoms with Gasteiger partial charge in [-0.3, -0.25) is 4.79 Å². The third-order valence-corrected chi connectivity index (χ3v) is 9.18. The van der Waals surface area contributed by atoms with Crippen LogP contribution in [0, 0.1) is 34.5 Å². The van der Waals surface area contributed by atoms with E-state index in [4.69, 9.17) is 4.74 Å². The van der Waals surface area contributed by atoms with Crippen LogP contribution in [-0.2, 0) is 14.3 Å². The third-order valence-electron chi connectivity index (χ3n) is 9.18. The number of Topliss-reactive ketones (excluding diaryl/α,β-unsaturated/α-hetero) is 1. The first-order valence-corrected chi connectivity index (χ1v) is 11.6. The molecule has 0 aromatic heterocycles. The van der Waals surface area contributed by atoms with Crippen LogP contribution in [0.3, 0.4) is 0 Å². The topological polar surface area (TPSA) is 104 Å². The fourth-order valence-corrected chi connectivity index (χ4v) is 6.99. The summed E-state index contributed by atoms with van der Waals surface area (Å²) in [5.74, 6) is -1.12. The second-order valence-corrected chi connectivity index (χ2v) is 11.3. The third kappa shape index (κ3) is 2.69. The highest BCUT2D eigenvalue weighted by Crippen LogP contribution is 2.71. The number of ketones is 1. The highest BCUT2D eigenvalue weighted by Gasteiger charge is 2.76. The Labute approximate surface area is 190 Å². The molecule has 0 aliphatic heterocycles. The molecule has 32 heavy (non-hydrogen) atoms. The zero-order chi connectivity index (χ0) is 24.0. The summed E-state index contributed by atoms with van der Waals surface area (Å²) in [6, 6.07) is 0. The van der Waals surface area contributed by atoms with E-state index >= 15 is 0 Å². The van der Waals surface area contributed by atoms with E-state index < -0.39 is 41.7 Å². The number of fused-ring (bicyclic) bond motifs is 3. The Balaban J connectivity index is 1.90. The molecular weight excluding hydrogens is 408 g/mol. The highest BCUT2D eigenvalue weighted by molar-refractivity contribution is 5.96. The molecule has 8 atom stereocenters. The fraction of sp³-hybridized carbons (Fsp3) is 0.692. The Morgan fingerprint density at radius 1 is 1.25 bits per heavy atom. The molecule has 6 heteroatoms. The lowest BCUT2D eigenvalue weighted by Crippen LogP contribution is -2.65. The van der Waals surface area contributed by atoms with Crippen molar-refractivity contribution in [1.82, 2.24) is 0 Å². The number of carbonyl (C=O) groups excluding carboxylic acids is 2. The van der Waals surface area contributed by atoms with Crippen LogP contribution in [-0.4, -0.2) is 51.5 Å². The van der Waals surface area contributed by atoms with E-state index in [1.807, 2.05) is 6.92 Å². The molecule has 0 aromatic rings. The molecule has 1 spiro atoms. The van der Waals surface area contributed by atoms with Gasteiger partial charge >= 0.3 is 5.97 Å². The minimum absolute atomic E-state index is 0.0234. The van der Waals surface area contributed by atoms with E-state index in [-0.39, 0.29) is 28.6 Å². The van der Waals surface area contributed by atoms with Gasteiger partial charge in [0.25, 0.3) is 0 Å². The average molecular weight is 445 g/mol. The second-order valence-electron chi connectivity index (χ2n) is 11.3. The van der Waals surface area contributed by atoms with E-state index in [1.54, 1.807) is 39.8 Å². The fourth-order valence-electron chi connectivity index (χ4n) is 6.99. The van der Waals surface area contributed by atoms with Gasteiger partial charge in [0.05, 0.1) is 12.0 Å². The summed E-state index contributed by atoms with van der Waals surface area (Å²) in [6.07, 6.45) is 1.42. The molecule has 3 N–H and O–H groups in total. The van der Waals surface area contributed by atoms with Crippen LogP contribution in [0.5, 0.6) is 0 Å². The number of allylic oxidation sites excluding steroid dienone is 2. The van der Waals surface area contributed by atoms with Crippen molar-refractivity contribution in [3.63, 3.8) is 0 Å². The van der Waals surface area contributed by atoms with Gasteiger partial charge in [-0.15, -0.1) is 0 Å². The van der Waals surface area contributed by atoms with E-state index in [0.717, 1.165) is 12.0 Å². The Kier molecular flexibility index (Phi) is 5.20. The number of esters is 1. The maximum absolute atomic E-state index is 14.2. The average Bonchev–Trinajstić information content (AvgIpc) is 3.21. The van der Waals surface area contributed by atoms with E-state index in [1.165, 1.54) is 0 Å². The number of aliphatic hydroxyl groups excluding tert-OH is 2. The summed E-state index contributed by atoms with van der Waals surface area (Å²) in [6.45, 7) is 12.8. The smallest absolute Gasteiger partial charge is 0.334 e. The zero-order valence-corrected chi connectivity index (χ0v) is 20.1. The number of ether oxygens (including phenoxy) is 1. The van der Waals surface area contributed by atoms with E-state index in [2.05, 4.69) is 13.8 Å². The van der Waals surface area contributed by atoms with Crippen molar-refractivity contribution in [2.45, 2.75) is 72.7 Å². The maximum Gasteiger partial charge on any atom is 0.334 e. The lowest BCUT2D eigenvalue weighted by atomic mass is 9.59. The van der Waals surface area contributed by atoms with Crippen LogP contribution in [0.2, 0.25) is 0 Å². The predicted molar refractivity (Wildman–Crippen MR) is 119 cm³/mol. The van der Waals surface area contributed by atoms with Crippen molar-refractivity contribution in [1.29, 1.82) is 0 Å². The van der Waals surface area contributed by atoms with Crippen LogP contribution in [0.25, 0.3) is 0 Å². The van der Waals surface area contributed by atoms with Crippen molar-refractivity contribution in [2.75, 3.05) is 6.61 Å². The number of aliphatic hydroxyl groups is 3. The van der Waals surface area contributed by atoms with Crippen molar-refractivity contribution >= 4 is 11.8 Å². The molecule has 6 nitrogen and oxygen atoms in total. The molecule has 4 aliphatic rings. The van der Waals surface area contributed by atoms with Gasteiger partial charge in [0.15, 0.2) is 17.5 Å². The zero-order valence-electron chi connectivity index (χ0n) is 20.1. The molecule has 0 radical (unpaired) electrons. The van der Waals surface area contributed by atoms with E-state index in [0.29, 0.717) is 17.1 Å². The molecule has 176 valence electrons. The van der Waals surface area contributed by atoms with Gasteiger partial charge in [-0.05, 0) is 68.4 Å². The first-order valence-electron chi connectivity index (χ1n) is 11.6. The van der Waals surface area contributed by atoms with Crippen LogP contribution in [0.1, 0.15) is 54.9 Å². The SMILES string of the molecule is CC1=C[C@]23C(=O)[C@@H](C=C(CO)[C@@H](O)[C@]2(O)[C@H]1OC(=O)C(C)=C(C)C)[C@H]1[C@@H](C[C@H]3C)C1(C)C. The monoisotopic (exact) mass is 444 g/mol. The first-order chi connectivity index (χ1) is 14.8. The standard InChI is InChI=1S/C26H36O6/c1-12(2)15(5)23(30)32-22-13(3)10-25-14(4)8-18-19(24(18,6)7)17(21(25)29)9-16(11-27)20(28)26(22,25)31/h9-10,14,17-20,22,27-28,31H,8,11H2,1-7H3/t14-,17+,18-,19+,20-,22+,25+,26+/m1/s1. The van der Waals surface area contributed by atoms with Crippen LogP contribution in [0.15, 0.2) is 34.4 Å². The lowest BCUT2D eigenvalue weighted by Gasteiger charge is -2.48. The van der Waals surface area contributed by atoms with Crippen LogP contribution >= 0.6 is 0 Å². The Bertz CT molecular complexity index is 967. The van der Waals surface area contributed by atoms with Gasteiger partial charge in [-0.25, -0.2) is 4.79 Å². The molecule has 2 saturated carbocycles. The van der Waals surface area contributed by atoms with Gasteiger partial charge in [0.1, 0.15) is 6.10 Å². The number of carbonyl (C=O) groups is 2. The summed E-state index contributed by atoms with van der Waals surface area (Å²) in [5, 5.41) is 33.9. The van der Waals surface area contributed by atoms with Gasteiger partial charge in [0, 0.05) is 11.5 Å². The Hall–Kier alpha value is -1.76. The minimum Gasteiger partial charge on any atom is -0.451 e. The number of rotatable bonds is 3. The summed E-state index contributed by atoms with van der Waals surface area (Å²) in [7, 11) is 0. The molecule has 2 bridgehead atoms. The summed E-state index contributed by atoms with van der Waals surface area (Å²) in [5.41, 5.74) is -1.54. The van der Waals surface area contributed by atoms with Crippen molar-refractivity contribution in [3.05, 3.63) is 34.4 Å². The molecular formula is C26H36O6. The Morgan fingerprint density at radius 2 is 1.88 bits per heavy atom. The van der Waals surface area contributed by atoms with Crippen molar-refractivity contribution < 1.29 is 29.6 Å². The van der Waals surface area contributed by atoms with Crippen molar-refractivity contribution in [3.8, 4) is 0 Å². The highest BCUT2D eigenvalue weighted by atomic mass is 16.6. The predicted octanol–water partition coefficient (Wildman–Crippen LogP) is 2.72. The van der Waals surface area contributed by atoms with Crippen LogP contribution < -0.4 is 0 Å². The molecule has 0 unspecified atom stereocenters. The van der Waals surface area contributed by atoms with Crippen LogP contribution in [0.4, 0.5) is 0 Å². The number of hydrogen-bond acceptors (Lipinski definition) is 6. The lowest BCUT2D eigenvalue weighted by molar-refractivity contribution is -0.201. The molecule has 0 heterocycles. The molecule has 4 aliphatic carbocycles. The molecule has 2 fully saturated rings. The van der Waals surface area contributed by atoms with Gasteiger partial charge < -0.3 is 20.1 Å². The summed E-state index contributed by atoms with van der Waals surface area (Å²) < 4.78 is 5.80. The van der Waals surface area contributed by atoms with E-state index in [9.17, 15) is 24.9 Å². The normalized spacial score (nSPS) is 43.8. The van der Waals surface area contributed by atoms with Gasteiger partial charge in [-0.2, -0.15) is 0 Å². The van der Waals surface area contributed by atoms with Gasteiger partial charge in [0.2, 0.25) is 0 Å². The molecule has 0 saturated heterocycles. The summed E-state index contributed by atoms with van der Waals surface area (Å²) >= 11 is 0. The second kappa shape index (κ2) is 7.12. The van der Waals surface area contributed by atoms with Crippen molar-refractivity contribution in [2.24, 2.45) is 34.5 Å². The summed E-state index contributed by atoms with van der Waals surface area (Å²) in [4.78, 5) is 27.1.